The highest BCUT2D eigenvalue weighted by Gasteiger charge is 2.10. The molecule has 0 fully saturated rings. The fraction of sp³-hybridized carbons (Fsp3) is 0.250. The number of nitrogens with zero attached hydrogens (tertiary/aromatic N) is 3. The number of aryl methyl sites for hydroxylation is 2. The fourth-order valence-corrected chi connectivity index (χ4v) is 1.57. The molecular formula is C12H13FN4. The molecule has 0 bridgehead atoms. The molecule has 0 saturated heterocycles. The number of hydrogen-bond donors (Lipinski definition) is 1. The van der Waals surface area contributed by atoms with Crippen LogP contribution < -0.4 is 5.32 Å². The van der Waals surface area contributed by atoms with Crippen LogP contribution in [0.25, 0.3) is 11.3 Å². The summed E-state index contributed by atoms with van der Waals surface area (Å²) in [6, 6.07) is 4.83. The van der Waals surface area contributed by atoms with Crippen LogP contribution in [0.1, 0.15) is 11.4 Å². The van der Waals surface area contributed by atoms with E-state index in [-0.39, 0.29) is 5.82 Å². The van der Waals surface area contributed by atoms with Gasteiger partial charge in [0.15, 0.2) is 5.82 Å². The third kappa shape index (κ3) is 2.22. The molecule has 0 unspecified atom stereocenters. The standard InChI is InChI=1S/C12H13FN4/c1-7-6-9(4-5-10(7)13)11-12(14-3)15-8(2)16-17-11/h4-6H,1-3H3,(H,14,15,16). The van der Waals surface area contributed by atoms with Crippen LogP contribution in [0, 0.1) is 19.7 Å². The van der Waals surface area contributed by atoms with Gasteiger partial charge in [-0.3, -0.25) is 0 Å². The smallest absolute Gasteiger partial charge is 0.156 e. The first kappa shape index (κ1) is 11.4. The van der Waals surface area contributed by atoms with Crippen LogP contribution >= 0.6 is 0 Å². The molecule has 1 N–H and O–H groups in total. The maximum atomic E-state index is 13.2. The molecule has 0 radical (unpaired) electrons. The third-order valence-corrected chi connectivity index (χ3v) is 2.46. The zero-order valence-electron chi connectivity index (χ0n) is 9.95. The normalized spacial score (nSPS) is 10.4. The van der Waals surface area contributed by atoms with Crippen LogP contribution in [-0.2, 0) is 0 Å². The van der Waals surface area contributed by atoms with Gasteiger partial charge in [0.2, 0.25) is 0 Å². The average molecular weight is 232 g/mol. The van der Waals surface area contributed by atoms with Crippen molar-refractivity contribution in [1.29, 1.82) is 0 Å². The van der Waals surface area contributed by atoms with E-state index >= 15 is 0 Å². The molecule has 1 aromatic heterocycles. The van der Waals surface area contributed by atoms with Gasteiger partial charge in [-0.05, 0) is 37.6 Å². The second-order valence-electron chi connectivity index (χ2n) is 3.77. The first-order valence-corrected chi connectivity index (χ1v) is 5.27. The summed E-state index contributed by atoms with van der Waals surface area (Å²) in [5.74, 6) is 1.01. The highest BCUT2D eigenvalue weighted by Crippen LogP contribution is 2.24. The summed E-state index contributed by atoms with van der Waals surface area (Å²) in [7, 11) is 1.77. The molecule has 17 heavy (non-hydrogen) atoms. The number of nitrogens with one attached hydrogen (secondary N) is 1. The fourth-order valence-electron chi connectivity index (χ4n) is 1.57. The molecule has 0 aliphatic heterocycles. The van der Waals surface area contributed by atoms with Crippen LogP contribution in [0.4, 0.5) is 10.2 Å². The van der Waals surface area contributed by atoms with E-state index < -0.39 is 0 Å². The minimum atomic E-state index is -0.229. The predicted octanol–water partition coefficient (Wildman–Crippen LogP) is 2.34. The summed E-state index contributed by atoms with van der Waals surface area (Å²) in [4.78, 5) is 4.24. The highest BCUT2D eigenvalue weighted by molar-refractivity contribution is 5.71. The van der Waals surface area contributed by atoms with Crippen molar-refractivity contribution < 1.29 is 4.39 Å². The molecule has 2 aromatic rings. The number of halogens is 1. The van der Waals surface area contributed by atoms with Crippen molar-refractivity contribution >= 4 is 5.82 Å². The van der Waals surface area contributed by atoms with E-state index in [1.807, 2.05) is 0 Å². The van der Waals surface area contributed by atoms with E-state index in [9.17, 15) is 4.39 Å². The lowest BCUT2D eigenvalue weighted by molar-refractivity contribution is 0.618. The molecule has 88 valence electrons. The number of aromatic nitrogens is 3. The first-order valence-electron chi connectivity index (χ1n) is 5.27. The Kier molecular flexibility index (Phi) is 2.99. The van der Waals surface area contributed by atoms with Crippen LogP contribution in [0.15, 0.2) is 18.2 Å². The summed E-state index contributed by atoms with van der Waals surface area (Å²) >= 11 is 0. The molecule has 0 atom stereocenters. The van der Waals surface area contributed by atoms with Crippen molar-refractivity contribution in [3.63, 3.8) is 0 Å². The third-order valence-electron chi connectivity index (χ3n) is 2.46. The quantitative estimate of drug-likeness (QED) is 0.863. The molecule has 1 aromatic carbocycles. The van der Waals surface area contributed by atoms with Crippen molar-refractivity contribution in [3.05, 3.63) is 35.4 Å². The number of rotatable bonds is 2. The Labute approximate surface area is 98.9 Å². The largest absolute Gasteiger partial charge is 0.371 e. The molecule has 0 spiro atoms. The lowest BCUT2D eigenvalue weighted by Crippen LogP contribution is -2.03. The van der Waals surface area contributed by atoms with Gasteiger partial charge >= 0.3 is 0 Å². The van der Waals surface area contributed by atoms with Crippen molar-refractivity contribution in [2.45, 2.75) is 13.8 Å². The Morgan fingerprint density at radius 3 is 2.59 bits per heavy atom. The zero-order chi connectivity index (χ0) is 12.4. The molecule has 0 saturated carbocycles. The second kappa shape index (κ2) is 4.45. The molecule has 0 amide bonds. The maximum Gasteiger partial charge on any atom is 0.156 e. The van der Waals surface area contributed by atoms with Gasteiger partial charge in [-0.1, -0.05) is 0 Å². The second-order valence-corrected chi connectivity index (χ2v) is 3.77. The Bertz CT molecular complexity index is 554. The molecule has 0 aliphatic rings. The minimum absolute atomic E-state index is 0.229. The maximum absolute atomic E-state index is 13.2. The van der Waals surface area contributed by atoms with Gasteiger partial charge in [-0.15, -0.1) is 10.2 Å². The van der Waals surface area contributed by atoms with E-state index in [4.69, 9.17) is 0 Å². The summed E-state index contributed by atoms with van der Waals surface area (Å²) in [5, 5.41) is 11.0. The van der Waals surface area contributed by atoms with E-state index in [2.05, 4.69) is 20.5 Å². The van der Waals surface area contributed by atoms with E-state index in [1.54, 1.807) is 33.0 Å². The Morgan fingerprint density at radius 2 is 1.94 bits per heavy atom. The van der Waals surface area contributed by atoms with Gasteiger partial charge in [-0.25, -0.2) is 9.37 Å². The van der Waals surface area contributed by atoms with Crippen LogP contribution in [-0.4, -0.2) is 22.2 Å². The number of anilines is 1. The number of benzene rings is 1. The van der Waals surface area contributed by atoms with E-state index in [0.29, 0.717) is 22.9 Å². The SMILES string of the molecule is CNc1nc(C)nnc1-c1ccc(F)c(C)c1. The van der Waals surface area contributed by atoms with Gasteiger partial charge < -0.3 is 5.32 Å². The van der Waals surface area contributed by atoms with Crippen LogP contribution in [0.2, 0.25) is 0 Å². The molecule has 2 rings (SSSR count). The number of hydrogen-bond acceptors (Lipinski definition) is 4. The van der Waals surface area contributed by atoms with Gasteiger partial charge in [-0.2, -0.15) is 0 Å². The van der Waals surface area contributed by atoms with Crippen LogP contribution in [0.3, 0.4) is 0 Å². The topological polar surface area (TPSA) is 50.7 Å². The molecule has 4 nitrogen and oxygen atoms in total. The van der Waals surface area contributed by atoms with Crippen molar-refractivity contribution in [2.24, 2.45) is 0 Å². The molecular weight excluding hydrogens is 219 g/mol. The lowest BCUT2D eigenvalue weighted by Gasteiger charge is -2.07. The monoisotopic (exact) mass is 232 g/mol. The zero-order valence-corrected chi connectivity index (χ0v) is 9.95. The molecule has 5 heteroatoms. The Hall–Kier alpha value is -2.04. The Balaban J connectivity index is 2.55. The predicted molar refractivity (Wildman–Crippen MR) is 64.2 cm³/mol. The van der Waals surface area contributed by atoms with Crippen molar-refractivity contribution in [3.8, 4) is 11.3 Å². The Morgan fingerprint density at radius 1 is 1.18 bits per heavy atom. The van der Waals surface area contributed by atoms with Crippen molar-refractivity contribution in [1.82, 2.24) is 15.2 Å². The minimum Gasteiger partial charge on any atom is -0.371 e. The average Bonchev–Trinajstić information content (AvgIpc) is 2.32. The summed E-state index contributed by atoms with van der Waals surface area (Å²) in [6.07, 6.45) is 0. The van der Waals surface area contributed by atoms with Gasteiger partial charge in [0.25, 0.3) is 0 Å². The van der Waals surface area contributed by atoms with Gasteiger partial charge in [0, 0.05) is 12.6 Å². The lowest BCUT2D eigenvalue weighted by atomic mass is 10.1. The van der Waals surface area contributed by atoms with E-state index in [0.717, 1.165) is 5.56 Å². The van der Waals surface area contributed by atoms with Crippen molar-refractivity contribution in [2.75, 3.05) is 12.4 Å². The summed E-state index contributed by atoms with van der Waals surface area (Å²) in [6.45, 7) is 3.49. The van der Waals surface area contributed by atoms with E-state index in [1.165, 1.54) is 6.07 Å². The summed E-state index contributed by atoms with van der Waals surface area (Å²) in [5.41, 5.74) is 2.00. The highest BCUT2D eigenvalue weighted by atomic mass is 19.1. The van der Waals surface area contributed by atoms with Gasteiger partial charge in [0.05, 0.1) is 0 Å². The molecule has 1 heterocycles. The van der Waals surface area contributed by atoms with Gasteiger partial charge in [0.1, 0.15) is 17.3 Å². The summed E-state index contributed by atoms with van der Waals surface area (Å²) < 4.78 is 13.2. The molecule has 0 aliphatic carbocycles. The van der Waals surface area contributed by atoms with Crippen LogP contribution in [0.5, 0.6) is 0 Å². The first-order chi connectivity index (χ1) is 8.11.